The number of hydrogen-bond donors (Lipinski definition) is 1. The molecule has 0 fully saturated rings. The standard InChI is InChI=1S/C13H16BrClN4/c1-8(11-5-4-10(14)6-12(11)15)17-9(2)13-18-16-7-19(13)3/h4-9,17H,1-3H3. The van der Waals surface area contributed by atoms with E-state index in [1.165, 1.54) is 0 Å². The molecule has 102 valence electrons. The molecule has 0 saturated carbocycles. The second-order valence-electron chi connectivity index (χ2n) is 4.58. The highest BCUT2D eigenvalue weighted by molar-refractivity contribution is 9.10. The first-order valence-corrected chi connectivity index (χ1v) is 7.21. The Balaban J connectivity index is 2.13. The lowest BCUT2D eigenvalue weighted by Gasteiger charge is -2.20. The summed E-state index contributed by atoms with van der Waals surface area (Å²) in [5.41, 5.74) is 1.07. The molecule has 2 atom stereocenters. The van der Waals surface area contributed by atoms with E-state index in [0.717, 1.165) is 20.9 Å². The fraction of sp³-hybridized carbons (Fsp3) is 0.385. The van der Waals surface area contributed by atoms with E-state index in [1.807, 2.05) is 29.8 Å². The van der Waals surface area contributed by atoms with Crippen molar-refractivity contribution in [2.75, 3.05) is 0 Å². The van der Waals surface area contributed by atoms with Crippen molar-refractivity contribution in [3.8, 4) is 0 Å². The number of hydrogen-bond acceptors (Lipinski definition) is 3. The van der Waals surface area contributed by atoms with Gasteiger partial charge in [0.15, 0.2) is 0 Å². The highest BCUT2D eigenvalue weighted by Gasteiger charge is 2.16. The van der Waals surface area contributed by atoms with E-state index >= 15 is 0 Å². The number of benzene rings is 1. The molecule has 0 radical (unpaired) electrons. The highest BCUT2D eigenvalue weighted by Crippen LogP contribution is 2.27. The minimum Gasteiger partial charge on any atom is -0.319 e. The summed E-state index contributed by atoms with van der Waals surface area (Å²) in [6.45, 7) is 4.15. The summed E-state index contributed by atoms with van der Waals surface area (Å²) in [4.78, 5) is 0. The molecule has 2 aromatic rings. The average molecular weight is 344 g/mol. The summed E-state index contributed by atoms with van der Waals surface area (Å²) in [5, 5.41) is 12.2. The Labute approximate surface area is 126 Å². The van der Waals surface area contributed by atoms with Gasteiger partial charge in [-0.15, -0.1) is 10.2 Å². The van der Waals surface area contributed by atoms with Gasteiger partial charge in [-0.25, -0.2) is 0 Å². The third kappa shape index (κ3) is 3.35. The SMILES string of the molecule is CC(NC(C)c1nncn1C)c1ccc(Br)cc1Cl. The predicted molar refractivity (Wildman–Crippen MR) is 80.1 cm³/mol. The van der Waals surface area contributed by atoms with Crippen LogP contribution in [0.5, 0.6) is 0 Å². The molecule has 1 heterocycles. The van der Waals surface area contributed by atoms with Gasteiger partial charge in [0.2, 0.25) is 0 Å². The molecule has 1 N–H and O–H groups in total. The Hall–Kier alpha value is -0.910. The molecule has 1 aromatic heterocycles. The maximum Gasteiger partial charge on any atom is 0.149 e. The molecule has 0 saturated heterocycles. The van der Waals surface area contributed by atoms with Crippen molar-refractivity contribution in [1.29, 1.82) is 0 Å². The lowest BCUT2D eigenvalue weighted by atomic mass is 10.1. The number of nitrogens with zero attached hydrogens (tertiary/aromatic N) is 3. The smallest absolute Gasteiger partial charge is 0.149 e. The first-order chi connectivity index (χ1) is 8.99. The summed E-state index contributed by atoms with van der Waals surface area (Å²) in [6.07, 6.45) is 1.70. The second-order valence-corrected chi connectivity index (χ2v) is 5.90. The van der Waals surface area contributed by atoms with Gasteiger partial charge < -0.3 is 9.88 Å². The Bertz CT molecular complexity index is 570. The zero-order valence-electron chi connectivity index (χ0n) is 11.1. The quantitative estimate of drug-likeness (QED) is 0.921. The lowest BCUT2D eigenvalue weighted by molar-refractivity contribution is 0.466. The molecule has 0 aliphatic rings. The Morgan fingerprint density at radius 2 is 2.05 bits per heavy atom. The Morgan fingerprint density at radius 1 is 1.32 bits per heavy atom. The van der Waals surface area contributed by atoms with Gasteiger partial charge in [0.25, 0.3) is 0 Å². The van der Waals surface area contributed by atoms with E-state index in [0.29, 0.717) is 0 Å². The molecule has 19 heavy (non-hydrogen) atoms. The molecule has 2 unspecified atom stereocenters. The number of aryl methyl sites for hydroxylation is 1. The molecule has 0 aliphatic carbocycles. The van der Waals surface area contributed by atoms with Gasteiger partial charge in [0.05, 0.1) is 6.04 Å². The number of halogens is 2. The molecule has 6 heteroatoms. The van der Waals surface area contributed by atoms with E-state index < -0.39 is 0 Å². The van der Waals surface area contributed by atoms with E-state index in [-0.39, 0.29) is 12.1 Å². The third-order valence-corrected chi connectivity index (χ3v) is 3.88. The van der Waals surface area contributed by atoms with Crippen LogP contribution < -0.4 is 5.32 Å². The zero-order valence-corrected chi connectivity index (χ0v) is 13.4. The van der Waals surface area contributed by atoms with Gasteiger partial charge in [0, 0.05) is 22.6 Å². The Kier molecular flexibility index (Phi) is 4.60. The van der Waals surface area contributed by atoms with Crippen LogP contribution in [0.2, 0.25) is 5.02 Å². The summed E-state index contributed by atoms with van der Waals surface area (Å²) in [6, 6.07) is 6.15. The summed E-state index contributed by atoms with van der Waals surface area (Å²) in [5.74, 6) is 0.903. The fourth-order valence-corrected chi connectivity index (χ4v) is 2.91. The van der Waals surface area contributed by atoms with Crippen LogP contribution in [0.4, 0.5) is 0 Å². The topological polar surface area (TPSA) is 42.7 Å². The molecule has 2 rings (SSSR count). The summed E-state index contributed by atoms with van der Waals surface area (Å²) >= 11 is 9.67. The molecular weight excluding hydrogens is 328 g/mol. The van der Waals surface area contributed by atoms with E-state index in [2.05, 4.69) is 45.3 Å². The molecular formula is C13H16BrClN4. The van der Waals surface area contributed by atoms with Crippen LogP contribution in [0.1, 0.15) is 37.3 Å². The minimum absolute atomic E-state index is 0.0993. The fourth-order valence-electron chi connectivity index (χ4n) is 2.08. The normalized spacial score (nSPS) is 14.4. The molecule has 1 aromatic carbocycles. The first kappa shape index (κ1) is 14.5. The first-order valence-electron chi connectivity index (χ1n) is 6.04. The van der Waals surface area contributed by atoms with Gasteiger partial charge in [0.1, 0.15) is 12.2 Å². The second kappa shape index (κ2) is 6.03. The molecule has 0 bridgehead atoms. The van der Waals surface area contributed by atoms with Gasteiger partial charge in [-0.1, -0.05) is 33.6 Å². The van der Waals surface area contributed by atoms with Gasteiger partial charge in [-0.2, -0.15) is 0 Å². The molecule has 0 amide bonds. The van der Waals surface area contributed by atoms with Crippen LogP contribution >= 0.6 is 27.5 Å². The monoisotopic (exact) mass is 342 g/mol. The van der Waals surface area contributed by atoms with Crippen LogP contribution in [0.25, 0.3) is 0 Å². The van der Waals surface area contributed by atoms with E-state index in [9.17, 15) is 0 Å². The van der Waals surface area contributed by atoms with E-state index in [4.69, 9.17) is 11.6 Å². The third-order valence-electron chi connectivity index (χ3n) is 3.06. The van der Waals surface area contributed by atoms with Crippen LogP contribution in [0.3, 0.4) is 0 Å². The van der Waals surface area contributed by atoms with Crippen molar-refractivity contribution < 1.29 is 0 Å². The maximum absolute atomic E-state index is 6.26. The molecule has 4 nitrogen and oxygen atoms in total. The largest absolute Gasteiger partial charge is 0.319 e. The number of aromatic nitrogens is 3. The van der Waals surface area contributed by atoms with Crippen LogP contribution in [-0.2, 0) is 7.05 Å². The van der Waals surface area contributed by atoms with Crippen LogP contribution in [0.15, 0.2) is 29.0 Å². The molecule has 0 spiro atoms. The average Bonchev–Trinajstić information content (AvgIpc) is 2.75. The predicted octanol–water partition coefficient (Wildman–Crippen LogP) is 3.64. The lowest BCUT2D eigenvalue weighted by Crippen LogP contribution is -2.24. The minimum atomic E-state index is 0.0993. The van der Waals surface area contributed by atoms with Crippen molar-refractivity contribution in [2.24, 2.45) is 7.05 Å². The van der Waals surface area contributed by atoms with Crippen molar-refractivity contribution in [3.05, 3.63) is 45.4 Å². The van der Waals surface area contributed by atoms with Gasteiger partial charge in [-0.3, -0.25) is 0 Å². The zero-order chi connectivity index (χ0) is 14.0. The summed E-state index contributed by atoms with van der Waals surface area (Å²) < 4.78 is 2.89. The summed E-state index contributed by atoms with van der Waals surface area (Å²) in [7, 11) is 1.94. The van der Waals surface area contributed by atoms with Crippen molar-refractivity contribution in [2.45, 2.75) is 25.9 Å². The van der Waals surface area contributed by atoms with Gasteiger partial charge >= 0.3 is 0 Å². The van der Waals surface area contributed by atoms with E-state index in [1.54, 1.807) is 6.33 Å². The van der Waals surface area contributed by atoms with Crippen LogP contribution in [0, 0.1) is 0 Å². The Morgan fingerprint density at radius 3 is 2.63 bits per heavy atom. The highest BCUT2D eigenvalue weighted by atomic mass is 79.9. The maximum atomic E-state index is 6.26. The van der Waals surface area contributed by atoms with Crippen molar-refractivity contribution in [1.82, 2.24) is 20.1 Å². The molecule has 0 aliphatic heterocycles. The van der Waals surface area contributed by atoms with Crippen molar-refractivity contribution in [3.63, 3.8) is 0 Å². The number of nitrogens with one attached hydrogen (secondary N) is 1. The number of rotatable bonds is 4. The van der Waals surface area contributed by atoms with Gasteiger partial charge in [-0.05, 0) is 31.5 Å². The van der Waals surface area contributed by atoms with Crippen LogP contribution in [-0.4, -0.2) is 14.8 Å². The van der Waals surface area contributed by atoms with Crippen molar-refractivity contribution >= 4 is 27.5 Å².